The van der Waals surface area contributed by atoms with Gasteiger partial charge in [0, 0.05) is 34.9 Å². The van der Waals surface area contributed by atoms with Crippen LogP contribution in [-0.2, 0) is 11.2 Å². The van der Waals surface area contributed by atoms with Crippen LogP contribution in [0.5, 0.6) is 0 Å². The van der Waals surface area contributed by atoms with Gasteiger partial charge < -0.3 is 10.2 Å². The Balaban J connectivity index is 1.70. The monoisotopic (exact) mass is 346 g/mol. The fraction of sp³-hybridized carbons (Fsp3) is 0.353. The van der Waals surface area contributed by atoms with Crippen molar-refractivity contribution in [2.75, 3.05) is 11.4 Å². The highest BCUT2D eigenvalue weighted by Crippen LogP contribution is 2.24. The highest BCUT2D eigenvalue weighted by Gasteiger charge is 2.32. The van der Waals surface area contributed by atoms with E-state index < -0.39 is 0 Å². The van der Waals surface area contributed by atoms with Crippen molar-refractivity contribution < 1.29 is 9.59 Å². The lowest BCUT2D eigenvalue weighted by molar-refractivity contribution is -0.117. The van der Waals surface area contributed by atoms with Crippen LogP contribution < -0.4 is 10.2 Å². The molecule has 1 aliphatic rings. The summed E-state index contributed by atoms with van der Waals surface area (Å²) in [7, 11) is 0. The minimum absolute atomic E-state index is 0.0319. The van der Waals surface area contributed by atoms with Gasteiger partial charge in [0.2, 0.25) is 5.91 Å². The Morgan fingerprint density at radius 2 is 2.29 bits per heavy atom. The number of hydrogen-bond acceptors (Lipinski definition) is 3. The number of carbonyl (C=O) groups is 2. The summed E-state index contributed by atoms with van der Waals surface area (Å²) < 4.78 is 0. The maximum absolute atomic E-state index is 12.4. The van der Waals surface area contributed by atoms with Gasteiger partial charge >= 0.3 is 0 Å². The minimum Gasteiger partial charge on any atom is -0.346 e. The average molecular weight is 347 g/mol. The molecule has 0 spiro atoms. The van der Waals surface area contributed by atoms with E-state index >= 15 is 0 Å². The second kappa shape index (κ2) is 6.65. The van der Waals surface area contributed by atoms with E-state index in [1.165, 1.54) is 0 Å². The summed E-state index contributed by atoms with van der Waals surface area (Å²) in [5, 5.41) is 10.4. The molecule has 6 nitrogen and oxygen atoms in total. The fourth-order valence-corrected chi connectivity index (χ4v) is 3.14. The number of aromatic nitrogens is 2. The number of aryl methyl sites for hydroxylation is 1. The van der Waals surface area contributed by atoms with E-state index in [1.54, 1.807) is 23.1 Å². The van der Waals surface area contributed by atoms with E-state index in [0.717, 1.165) is 23.4 Å². The molecule has 0 saturated carbocycles. The molecule has 1 fully saturated rings. The van der Waals surface area contributed by atoms with Gasteiger partial charge in [-0.1, -0.05) is 24.6 Å². The Kier molecular flexibility index (Phi) is 4.57. The van der Waals surface area contributed by atoms with Crippen LogP contribution in [0.1, 0.15) is 35.1 Å². The molecule has 7 heteroatoms. The Morgan fingerprint density at radius 3 is 2.96 bits per heavy atom. The third-order valence-corrected chi connectivity index (χ3v) is 4.49. The molecule has 24 heavy (non-hydrogen) atoms. The molecule has 126 valence electrons. The highest BCUT2D eigenvalue weighted by atomic mass is 35.5. The van der Waals surface area contributed by atoms with Gasteiger partial charge in [-0.2, -0.15) is 5.10 Å². The molecule has 2 heterocycles. The standard InChI is InChI=1S/C17H19ClN4O2/c1-3-14-10(2)16(21-20-14)17(24)19-12-8-15(23)22(9-12)13-6-4-5-11(18)7-13/h4-7,12H,3,8-9H2,1-2H3,(H,19,24)(H,20,21)/t12-/m0/s1. The molecule has 1 atom stereocenters. The van der Waals surface area contributed by atoms with Crippen molar-refractivity contribution in [2.45, 2.75) is 32.7 Å². The normalized spacial score (nSPS) is 17.4. The van der Waals surface area contributed by atoms with Crippen LogP contribution in [0.25, 0.3) is 0 Å². The number of carbonyl (C=O) groups excluding carboxylic acids is 2. The molecule has 2 aromatic rings. The van der Waals surface area contributed by atoms with E-state index in [1.807, 2.05) is 19.9 Å². The summed E-state index contributed by atoms with van der Waals surface area (Å²) >= 11 is 5.99. The van der Waals surface area contributed by atoms with E-state index in [9.17, 15) is 9.59 Å². The van der Waals surface area contributed by atoms with E-state index in [-0.39, 0.29) is 24.3 Å². The summed E-state index contributed by atoms with van der Waals surface area (Å²) in [6, 6.07) is 6.89. The van der Waals surface area contributed by atoms with Gasteiger partial charge in [-0.15, -0.1) is 0 Å². The second-order valence-corrected chi connectivity index (χ2v) is 6.32. The van der Waals surface area contributed by atoms with Gasteiger partial charge in [-0.05, 0) is 31.5 Å². The smallest absolute Gasteiger partial charge is 0.272 e. The molecule has 0 bridgehead atoms. The molecule has 1 aromatic carbocycles. The van der Waals surface area contributed by atoms with Gasteiger partial charge in [0.1, 0.15) is 0 Å². The van der Waals surface area contributed by atoms with Crippen molar-refractivity contribution in [3.05, 3.63) is 46.2 Å². The number of halogens is 1. The van der Waals surface area contributed by atoms with Crippen molar-refractivity contribution in [3.63, 3.8) is 0 Å². The zero-order chi connectivity index (χ0) is 17.3. The number of hydrogen-bond donors (Lipinski definition) is 2. The topological polar surface area (TPSA) is 78.1 Å². The molecule has 1 aliphatic heterocycles. The summed E-state index contributed by atoms with van der Waals surface area (Å²) in [4.78, 5) is 26.3. The van der Waals surface area contributed by atoms with Crippen molar-refractivity contribution >= 4 is 29.1 Å². The first kappa shape index (κ1) is 16.5. The van der Waals surface area contributed by atoms with Crippen molar-refractivity contribution in [2.24, 2.45) is 0 Å². The molecular formula is C17H19ClN4O2. The number of nitrogens with zero attached hydrogens (tertiary/aromatic N) is 2. The number of H-pyrrole nitrogens is 1. The van der Waals surface area contributed by atoms with Gasteiger partial charge in [-0.25, -0.2) is 0 Å². The lowest BCUT2D eigenvalue weighted by Gasteiger charge is -2.17. The van der Waals surface area contributed by atoms with Crippen LogP contribution in [-0.4, -0.2) is 34.6 Å². The third kappa shape index (κ3) is 3.14. The maximum atomic E-state index is 12.4. The Hall–Kier alpha value is -2.34. The van der Waals surface area contributed by atoms with Crippen LogP contribution in [0.2, 0.25) is 5.02 Å². The number of benzene rings is 1. The molecule has 1 aromatic heterocycles. The Labute approximate surface area is 145 Å². The van der Waals surface area contributed by atoms with Crippen LogP contribution in [0.15, 0.2) is 24.3 Å². The van der Waals surface area contributed by atoms with Crippen molar-refractivity contribution in [1.82, 2.24) is 15.5 Å². The molecule has 0 radical (unpaired) electrons. The number of anilines is 1. The van der Waals surface area contributed by atoms with Crippen LogP contribution in [0.3, 0.4) is 0 Å². The molecule has 0 unspecified atom stereocenters. The molecule has 2 N–H and O–H groups in total. The van der Waals surface area contributed by atoms with Crippen LogP contribution in [0.4, 0.5) is 5.69 Å². The molecule has 2 amide bonds. The molecule has 0 aliphatic carbocycles. The molecular weight excluding hydrogens is 328 g/mol. The quantitative estimate of drug-likeness (QED) is 0.892. The van der Waals surface area contributed by atoms with E-state index in [0.29, 0.717) is 17.3 Å². The van der Waals surface area contributed by atoms with Gasteiger partial charge in [0.25, 0.3) is 5.91 Å². The zero-order valence-electron chi connectivity index (χ0n) is 13.6. The number of aromatic amines is 1. The fourth-order valence-electron chi connectivity index (χ4n) is 2.95. The van der Waals surface area contributed by atoms with Crippen molar-refractivity contribution in [3.8, 4) is 0 Å². The number of rotatable bonds is 4. The summed E-state index contributed by atoms with van der Waals surface area (Å²) in [5.41, 5.74) is 2.93. The molecule has 3 rings (SSSR count). The first-order valence-corrected chi connectivity index (χ1v) is 8.28. The SMILES string of the molecule is CCc1[nH]nc(C(=O)N[C@H]2CC(=O)N(c3cccc(Cl)c3)C2)c1C. The summed E-state index contributed by atoms with van der Waals surface area (Å²) in [6.45, 7) is 4.30. The first-order valence-electron chi connectivity index (χ1n) is 7.90. The third-order valence-electron chi connectivity index (χ3n) is 4.26. The largest absolute Gasteiger partial charge is 0.346 e. The van der Waals surface area contributed by atoms with Crippen LogP contribution >= 0.6 is 11.6 Å². The highest BCUT2D eigenvalue weighted by molar-refractivity contribution is 6.30. The minimum atomic E-state index is -0.255. The van der Waals surface area contributed by atoms with Crippen molar-refractivity contribution in [1.29, 1.82) is 0 Å². The maximum Gasteiger partial charge on any atom is 0.272 e. The van der Waals surface area contributed by atoms with E-state index in [4.69, 9.17) is 11.6 Å². The van der Waals surface area contributed by atoms with E-state index in [2.05, 4.69) is 15.5 Å². The first-order chi connectivity index (χ1) is 11.5. The average Bonchev–Trinajstić information content (AvgIpc) is 3.09. The number of nitrogens with one attached hydrogen (secondary N) is 2. The summed E-state index contributed by atoms with van der Waals surface area (Å²) in [5.74, 6) is -0.287. The van der Waals surface area contributed by atoms with Gasteiger partial charge in [0.15, 0.2) is 5.69 Å². The lowest BCUT2D eigenvalue weighted by atomic mass is 10.1. The van der Waals surface area contributed by atoms with Crippen LogP contribution in [0, 0.1) is 6.92 Å². The Morgan fingerprint density at radius 1 is 1.50 bits per heavy atom. The number of amides is 2. The predicted molar refractivity (Wildman–Crippen MR) is 92.4 cm³/mol. The molecule has 1 saturated heterocycles. The summed E-state index contributed by atoms with van der Waals surface area (Å²) in [6.07, 6.45) is 1.05. The zero-order valence-corrected chi connectivity index (χ0v) is 14.4. The van der Waals surface area contributed by atoms with Gasteiger partial charge in [0.05, 0.1) is 6.04 Å². The second-order valence-electron chi connectivity index (χ2n) is 5.89. The Bertz CT molecular complexity index is 787. The van der Waals surface area contributed by atoms with Gasteiger partial charge in [-0.3, -0.25) is 14.7 Å². The predicted octanol–water partition coefficient (Wildman–Crippen LogP) is 2.47. The lowest BCUT2D eigenvalue weighted by Crippen LogP contribution is -2.37.